The van der Waals surface area contributed by atoms with Crippen LogP contribution in [0.3, 0.4) is 0 Å². The van der Waals surface area contributed by atoms with Crippen molar-refractivity contribution in [3.05, 3.63) is 114 Å². The van der Waals surface area contributed by atoms with E-state index in [4.69, 9.17) is 4.99 Å². The normalized spacial score (nSPS) is 11.4. The molecule has 130 valence electrons. The van der Waals surface area contributed by atoms with Crippen LogP contribution in [0.4, 0.5) is 5.82 Å². The van der Waals surface area contributed by atoms with Crippen LogP contribution in [0, 0.1) is 6.92 Å². The molecule has 0 radical (unpaired) electrons. The highest BCUT2D eigenvalue weighted by molar-refractivity contribution is 6.83. The molecule has 0 saturated heterocycles. The van der Waals surface area contributed by atoms with Crippen LogP contribution in [-0.2, 0) is 0 Å². The fourth-order valence-corrected chi connectivity index (χ4v) is 3.23. The van der Waals surface area contributed by atoms with Gasteiger partial charge in [0, 0.05) is 6.20 Å². The Morgan fingerprint density at radius 3 is 2.00 bits per heavy atom. The first-order chi connectivity index (χ1) is 13.3. The third-order valence-electron chi connectivity index (χ3n) is 4.51. The van der Waals surface area contributed by atoms with Crippen LogP contribution in [0.5, 0.6) is 0 Å². The summed E-state index contributed by atoms with van der Waals surface area (Å²) in [6.45, 7) is 2.12. The molecule has 3 nitrogen and oxygen atoms in total. The van der Waals surface area contributed by atoms with E-state index >= 15 is 0 Å². The van der Waals surface area contributed by atoms with Gasteiger partial charge in [-0.2, -0.15) is 0 Å². The molecule has 4 heteroatoms. The van der Waals surface area contributed by atoms with E-state index in [2.05, 4.69) is 83.2 Å². The van der Waals surface area contributed by atoms with Crippen LogP contribution in [0.1, 0.15) is 5.56 Å². The van der Waals surface area contributed by atoms with Crippen molar-refractivity contribution in [1.82, 2.24) is 9.46 Å². The van der Waals surface area contributed by atoms with E-state index in [1.54, 1.807) is 6.20 Å². The average Bonchev–Trinajstić information content (AvgIpc) is 2.72. The minimum atomic E-state index is 0.0375. The van der Waals surface area contributed by atoms with Gasteiger partial charge in [0.25, 0.3) is 0 Å². The zero-order chi connectivity index (χ0) is 18.5. The third-order valence-corrected chi connectivity index (χ3v) is 4.51. The van der Waals surface area contributed by atoms with Crippen molar-refractivity contribution in [2.75, 3.05) is 0 Å². The van der Waals surface area contributed by atoms with Crippen LogP contribution in [0.25, 0.3) is 0 Å². The topological polar surface area (TPSA) is 30.2 Å². The van der Waals surface area contributed by atoms with Gasteiger partial charge in [-0.1, -0.05) is 77.7 Å². The predicted octanol–water partition coefficient (Wildman–Crippen LogP) is 3.08. The first-order valence-corrected chi connectivity index (χ1v) is 9.06. The summed E-state index contributed by atoms with van der Waals surface area (Å²) in [5, 5.41) is 0. The predicted molar refractivity (Wildman–Crippen MR) is 112 cm³/mol. The number of benzene rings is 2. The van der Waals surface area contributed by atoms with E-state index in [0.717, 1.165) is 5.49 Å². The van der Waals surface area contributed by atoms with Gasteiger partial charge in [0.05, 0.1) is 0 Å². The summed E-state index contributed by atoms with van der Waals surface area (Å²) in [5.41, 5.74) is 4.48. The van der Waals surface area contributed by atoms with E-state index in [1.165, 1.54) is 16.5 Å². The summed E-state index contributed by atoms with van der Waals surface area (Å²) < 4.78 is 2.21. The van der Waals surface area contributed by atoms with E-state index in [1.807, 2.05) is 30.3 Å². The number of aryl methyl sites for hydroxylation is 1. The van der Waals surface area contributed by atoms with Crippen molar-refractivity contribution in [2.24, 2.45) is 4.99 Å². The van der Waals surface area contributed by atoms with Crippen molar-refractivity contribution in [2.45, 2.75) is 6.92 Å². The zero-order valence-corrected chi connectivity index (χ0v) is 15.2. The summed E-state index contributed by atoms with van der Waals surface area (Å²) in [6.07, 6.45) is 3.88. The Labute approximate surface area is 159 Å². The number of hydrogen-bond acceptors (Lipinski definition) is 2. The van der Waals surface area contributed by atoms with E-state index in [9.17, 15) is 0 Å². The maximum Gasteiger partial charge on any atom is 0.328 e. The Bertz CT molecular complexity index is 1040. The molecule has 2 aromatic carbocycles. The van der Waals surface area contributed by atoms with Gasteiger partial charge in [0.15, 0.2) is 5.82 Å². The Hall–Kier alpha value is -3.40. The van der Waals surface area contributed by atoms with Gasteiger partial charge in [-0.05, 0) is 42.9 Å². The monoisotopic (exact) mass is 349 g/mol. The van der Waals surface area contributed by atoms with Crippen LogP contribution in [0.2, 0.25) is 0 Å². The lowest BCUT2D eigenvalue weighted by Gasteiger charge is -2.19. The minimum Gasteiger partial charge on any atom is -0.368 e. The quantitative estimate of drug-likeness (QED) is 0.521. The summed E-state index contributed by atoms with van der Waals surface area (Å²) in [4.78, 5) is 9.20. The van der Waals surface area contributed by atoms with Gasteiger partial charge in [0.1, 0.15) is 5.49 Å². The number of rotatable bonds is 4. The molecular weight excluding hydrogens is 329 g/mol. The fourth-order valence-electron chi connectivity index (χ4n) is 3.23. The van der Waals surface area contributed by atoms with Crippen molar-refractivity contribution in [1.29, 1.82) is 0 Å². The minimum absolute atomic E-state index is 0.0375. The van der Waals surface area contributed by atoms with Crippen LogP contribution >= 0.6 is 0 Å². The Morgan fingerprint density at radius 1 is 0.778 bits per heavy atom. The number of hydrogen-bond donors (Lipinski definition) is 0. The van der Waals surface area contributed by atoms with Crippen molar-refractivity contribution in [3.8, 4) is 0 Å². The summed E-state index contributed by atoms with van der Waals surface area (Å²) in [7, 11) is 0. The van der Waals surface area contributed by atoms with Gasteiger partial charge < -0.3 is 4.48 Å². The van der Waals surface area contributed by atoms with Gasteiger partial charge in [-0.15, -0.1) is 0 Å². The van der Waals surface area contributed by atoms with Crippen LogP contribution in [0.15, 0.2) is 108 Å². The first kappa shape index (κ1) is 17.0. The molecule has 0 saturated carbocycles. The molecule has 0 atom stereocenters. The summed E-state index contributed by atoms with van der Waals surface area (Å²) in [5.74, 6) is 0.705. The second-order valence-corrected chi connectivity index (χ2v) is 6.49. The molecule has 0 N–H and O–H groups in total. The van der Waals surface area contributed by atoms with Crippen molar-refractivity contribution >= 4 is 23.6 Å². The molecule has 0 spiro atoms. The number of aromatic nitrogens is 2. The summed E-state index contributed by atoms with van der Waals surface area (Å²) >= 11 is 0. The highest BCUT2D eigenvalue weighted by Crippen LogP contribution is 2.04. The number of pyridine rings is 2. The second-order valence-electron chi connectivity index (χ2n) is 6.49. The number of nitrogens with zero attached hydrogens (tertiary/aromatic N) is 3. The van der Waals surface area contributed by atoms with Crippen LogP contribution < -0.4 is 16.4 Å². The molecule has 27 heavy (non-hydrogen) atoms. The Morgan fingerprint density at radius 2 is 1.41 bits per heavy atom. The standard InChI is InChI=1S/C23H20BN3/c1-19-15-17-27(23(18-19)26-22-14-8-9-16-25-22)24(20-10-4-2-5-11-20)21-12-6-3-7-13-21/h2-18H,1H3. The molecule has 2 aromatic heterocycles. The lowest BCUT2D eigenvalue weighted by atomic mass is 9.50. The molecule has 0 aliphatic rings. The fraction of sp³-hybridized carbons (Fsp3) is 0.0435. The Kier molecular flexibility index (Phi) is 4.97. The molecule has 0 amide bonds. The smallest absolute Gasteiger partial charge is 0.328 e. The van der Waals surface area contributed by atoms with Crippen molar-refractivity contribution in [3.63, 3.8) is 0 Å². The second kappa shape index (κ2) is 7.87. The molecule has 0 aliphatic heterocycles. The first-order valence-electron chi connectivity index (χ1n) is 9.06. The maximum atomic E-state index is 4.83. The molecule has 0 fully saturated rings. The zero-order valence-electron chi connectivity index (χ0n) is 15.2. The molecule has 2 heterocycles. The molecular formula is C23H20BN3. The lowest BCUT2D eigenvalue weighted by molar-refractivity contribution is 1.02. The van der Waals surface area contributed by atoms with Gasteiger partial charge in [-0.3, -0.25) is 0 Å². The van der Waals surface area contributed by atoms with E-state index in [-0.39, 0.29) is 6.85 Å². The highest BCUT2D eigenvalue weighted by atomic mass is 15.0. The molecule has 4 rings (SSSR count). The van der Waals surface area contributed by atoms with Crippen molar-refractivity contribution < 1.29 is 0 Å². The van der Waals surface area contributed by atoms with E-state index < -0.39 is 0 Å². The summed E-state index contributed by atoms with van der Waals surface area (Å²) in [6, 6.07) is 31.1. The largest absolute Gasteiger partial charge is 0.368 e. The highest BCUT2D eigenvalue weighted by Gasteiger charge is 2.22. The molecule has 0 bridgehead atoms. The third kappa shape index (κ3) is 3.90. The molecule has 0 unspecified atom stereocenters. The lowest BCUT2D eigenvalue weighted by Crippen LogP contribution is -2.52. The van der Waals surface area contributed by atoms with Gasteiger partial charge in [-0.25, -0.2) is 9.98 Å². The maximum absolute atomic E-state index is 4.83. The van der Waals surface area contributed by atoms with Gasteiger partial charge in [0.2, 0.25) is 0 Å². The van der Waals surface area contributed by atoms with Crippen LogP contribution in [-0.4, -0.2) is 16.3 Å². The Balaban J connectivity index is 1.95. The van der Waals surface area contributed by atoms with E-state index in [0.29, 0.717) is 5.82 Å². The van der Waals surface area contributed by atoms with Gasteiger partial charge >= 0.3 is 6.85 Å². The molecule has 4 aromatic rings. The molecule has 0 aliphatic carbocycles. The average molecular weight is 349 g/mol. The SMILES string of the molecule is Cc1ccn(B(c2ccccc2)c2ccccc2)c(=Nc2ccccn2)c1.